The molecule has 0 saturated heterocycles. The van der Waals surface area contributed by atoms with Crippen LogP contribution in [-0.4, -0.2) is 5.91 Å². The van der Waals surface area contributed by atoms with Crippen molar-refractivity contribution < 1.29 is 9.18 Å². The van der Waals surface area contributed by atoms with E-state index in [1.807, 2.05) is 32.0 Å². The molecule has 2 rings (SSSR count). The molecule has 0 aliphatic carbocycles. The Morgan fingerprint density at radius 2 is 1.79 bits per heavy atom. The van der Waals surface area contributed by atoms with Crippen molar-refractivity contribution >= 4 is 27.5 Å². The van der Waals surface area contributed by atoms with Crippen molar-refractivity contribution in [2.24, 2.45) is 0 Å². The van der Waals surface area contributed by atoms with E-state index in [-0.39, 0.29) is 11.6 Å². The Hall–Kier alpha value is -1.68. The second kappa shape index (κ2) is 5.53. The molecular formula is C15H13BrFNO. The highest BCUT2D eigenvalue weighted by Gasteiger charge is 2.13. The fourth-order valence-electron chi connectivity index (χ4n) is 1.95. The van der Waals surface area contributed by atoms with Crippen LogP contribution in [0.1, 0.15) is 21.5 Å². The molecule has 0 saturated carbocycles. The minimum absolute atomic E-state index is 0.177. The maximum Gasteiger partial charge on any atom is 0.256 e. The van der Waals surface area contributed by atoms with Gasteiger partial charge >= 0.3 is 0 Å². The Morgan fingerprint density at radius 1 is 1.16 bits per heavy atom. The normalized spacial score (nSPS) is 10.3. The third-order valence-electron chi connectivity index (χ3n) is 2.89. The first-order valence-corrected chi connectivity index (χ1v) is 6.61. The molecule has 4 heteroatoms. The molecule has 1 N–H and O–H groups in total. The van der Waals surface area contributed by atoms with Gasteiger partial charge in [-0.3, -0.25) is 4.79 Å². The van der Waals surface area contributed by atoms with Gasteiger partial charge in [-0.15, -0.1) is 0 Å². The van der Waals surface area contributed by atoms with E-state index in [4.69, 9.17) is 0 Å². The van der Waals surface area contributed by atoms with Gasteiger partial charge in [0.05, 0.1) is 5.69 Å². The molecule has 0 unspecified atom stereocenters. The maximum absolute atomic E-state index is 13.7. The summed E-state index contributed by atoms with van der Waals surface area (Å²) in [5.74, 6) is -0.759. The Morgan fingerprint density at radius 3 is 2.37 bits per heavy atom. The molecule has 0 aliphatic rings. The highest BCUT2D eigenvalue weighted by molar-refractivity contribution is 9.10. The van der Waals surface area contributed by atoms with Gasteiger partial charge in [-0.05, 0) is 43.2 Å². The first-order chi connectivity index (χ1) is 8.99. The average Bonchev–Trinajstić information content (AvgIpc) is 2.32. The second-order valence-electron chi connectivity index (χ2n) is 4.35. The molecule has 0 aliphatic heterocycles. The van der Waals surface area contributed by atoms with Crippen LogP contribution in [0.3, 0.4) is 0 Å². The van der Waals surface area contributed by atoms with Crippen LogP contribution in [0, 0.1) is 19.7 Å². The predicted octanol–water partition coefficient (Wildman–Crippen LogP) is 4.46. The third kappa shape index (κ3) is 3.01. The third-order valence-corrected chi connectivity index (χ3v) is 3.38. The Bertz CT molecular complexity index is 620. The van der Waals surface area contributed by atoms with Crippen molar-refractivity contribution in [2.75, 3.05) is 5.32 Å². The number of hydrogen-bond acceptors (Lipinski definition) is 1. The number of halogens is 2. The highest BCUT2D eigenvalue weighted by Crippen LogP contribution is 2.21. The number of carbonyl (C=O) groups excluding carboxylic acids is 1. The minimum Gasteiger partial charge on any atom is -0.319 e. The van der Waals surface area contributed by atoms with Gasteiger partial charge in [-0.2, -0.15) is 0 Å². The molecule has 1 amide bonds. The summed E-state index contributed by atoms with van der Waals surface area (Å²) in [7, 11) is 0. The molecule has 2 aromatic carbocycles. The lowest BCUT2D eigenvalue weighted by atomic mass is 10.0. The van der Waals surface area contributed by atoms with Crippen LogP contribution in [0.15, 0.2) is 40.9 Å². The van der Waals surface area contributed by atoms with Crippen LogP contribution in [0.4, 0.5) is 10.1 Å². The fraction of sp³-hybridized carbons (Fsp3) is 0.133. The summed E-state index contributed by atoms with van der Waals surface area (Å²) in [5, 5.41) is 2.60. The average molecular weight is 322 g/mol. The number of hydrogen-bond donors (Lipinski definition) is 1. The minimum atomic E-state index is -0.464. The predicted molar refractivity (Wildman–Crippen MR) is 78.0 cm³/mol. The topological polar surface area (TPSA) is 29.1 Å². The molecule has 0 bridgehead atoms. The summed E-state index contributed by atoms with van der Waals surface area (Å²) < 4.78 is 14.3. The summed E-state index contributed by atoms with van der Waals surface area (Å²) in [6, 6.07) is 10.1. The molecule has 0 atom stereocenters. The zero-order valence-corrected chi connectivity index (χ0v) is 12.2. The number of aryl methyl sites for hydroxylation is 2. The van der Waals surface area contributed by atoms with Gasteiger partial charge < -0.3 is 5.32 Å². The summed E-state index contributed by atoms with van der Waals surface area (Å²) in [4.78, 5) is 12.2. The molecule has 19 heavy (non-hydrogen) atoms. The van der Waals surface area contributed by atoms with Crippen molar-refractivity contribution in [2.45, 2.75) is 13.8 Å². The number of anilines is 1. The molecule has 2 aromatic rings. The Kier molecular flexibility index (Phi) is 4.00. The van der Waals surface area contributed by atoms with E-state index in [9.17, 15) is 9.18 Å². The van der Waals surface area contributed by atoms with Crippen molar-refractivity contribution in [3.05, 3.63) is 63.4 Å². The number of amides is 1. The first-order valence-electron chi connectivity index (χ1n) is 5.81. The van der Waals surface area contributed by atoms with Gasteiger partial charge in [0.25, 0.3) is 5.91 Å². The van der Waals surface area contributed by atoms with E-state index in [1.54, 1.807) is 6.07 Å². The van der Waals surface area contributed by atoms with Crippen molar-refractivity contribution in [3.8, 4) is 0 Å². The lowest BCUT2D eigenvalue weighted by Crippen LogP contribution is -2.15. The van der Waals surface area contributed by atoms with E-state index in [2.05, 4.69) is 21.2 Å². The SMILES string of the molecule is Cc1cccc(C)c1C(=O)Nc1ccc(Br)cc1F. The van der Waals surface area contributed by atoms with Gasteiger partial charge in [0, 0.05) is 10.0 Å². The lowest BCUT2D eigenvalue weighted by Gasteiger charge is -2.11. The van der Waals surface area contributed by atoms with Crippen LogP contribution in [0.2, 0.25) is 0 Å². The van der Waals surface area contributed by atoms with Crippen LogP contribution >= 0.6 is 15.9 Å². The summed E-state index contributed by atoms with van der Waals surface area (Å²) >= 11 is 3.18. The van der Waals surface area contributed by atoms with Crippen molar-refractivity contribution in [1.29, 1.82) is 0 Å². The largest absolute Gasteiger partial charge is 0.319 e. The zero-order valence-electron chi connectivity index (χ0n) is 10.6. The van der Waals surface area contributed by atoms with E-state index in [0.717, 1.165) is 11.1 Å². The highest BCUT2D eigenvalue weighted by atomic mass is 79.9. The van der Waals surface area contributed by atoms with Gasteiger partial charge in [0.2, 0.25) is 0 Å². The van der Waals surface area contributed by atoms with E-state index >= 15 is 0 Å². The standard InChI is InChI=1S/C15H13BrFNO/c1-9-4-3-5-10(2)14(9)15(19)18-13-7-6-11(16)8-12(13)17/h3-8H,1-2H3,(H,18,19). The van der Waals surface area contributed by atoms with E-state index in [0.29, 0.717) is 10.0 Å². The zero-order chi connectivity index (χ0) is 14.0. The Labute approximate surface area is 119 Å². The molecule has 0 spiro atoms. The Balaban J connectivity index is 2.31. The number of benzene rings is 2. The maximum atomic E-state index is 13.7. The fourth-order valence-corrected chi connectivity index (χ4v) is 2.28. The molecule has 0 fully saturated rings. The van der Waals surface area contributed by atoms with Gasteiger partial charge in [-0.25, -0.2) is 4.39 Å². The van der Waals surface area contributed by atoms with Gasteiger partial charge in [0.1, 0.15) is 5.82 Å². The first kappa shape index (κ1) is 13.7. The van der Waals surface area contributed by atoms with Crippen LogP contribution in [0.5, 0.6) is 0 Å². The van der Waals surface area contributed by atoms with E-state index in [1.165, 1.54) is 12.1 Å². The van der Waals surface area contributed by atoms with Crippen molar-refractivity contribution in [1.82, 2.24) is 0 Å². The quantitative estimate of drug-likeness (QED) is 0.869. The smallest absolute Gasteiger partial charge is 0.256 e. The summed E-state index contributed by atoms with van der Waals surface area (Å²) in [6.45, 7) is 3.72. The van der Waals surface area contributed by atoms with Gasteiger partial charge in [0.15, 0.2) is 0 Å². The van der Waals surface area contributed by atoms with Crippen LogP contribution in [0.25, 0.3) is 0 Å². The summed E-state index contributed by atoms with van der Waals surface area (Å²) in [6.07, 6.45) is 0. The van der Waals surface area contributed by atoms with Crippen LogP contribution in [-0.2, 0) is 0 Å². The number of carbonyl (C=O) groups is 1. The monoisotopic (exact) mass is 321 g/mol. The molecular weight excluding hydrogens is 309 g/mol. The number of nitrogens with one attached hydrogen (secondary N) is 1. The molecule has 0 radical (unpaired) electrons. The van der Waals surface area contributed by atoms with Crippen molar-refractivity contribution in [3.63, 3.8) is 0 Å². The van der Waals surface area contributed by atoms with E-state index < -0.39 is 5.82 Å². The molecule has 2 nitrogen and oxygen atoms in total. The second-order valence-corrected chi connectivity index (χ2v) is 5.26. The summed E-state index contributed by atoms with van der Waals surface area (Å²) in [5.41, 5.74) is 2.51. The number of rotatable bonds is 2. The lowest BCUT2D eigenvalue weighted by molar-refractivity contribution is 0.102. The van der Waals surface area contributed by atoms with Crippen LogP contribution < -0.4 is 5.32 Å². The molecule has 0 aromatic heterocycles. The molecule has 98 valence electrons. The molecule has 0 heterocycles. The van der Waals surface area contributed by atoms with Gasteiger partial charge in [-0.1, -0.05) is 34.1 Å².